The van der Waals surface area contributed by atoms with Crippen LogP contribution in [-0.4, -0.2) is 45.7 Å². The number of pyridine rings is 1. The molecule has 6 N–H and O–H groups in total. The number of anilines is 2. The summed E-state index contributed by atoms with van der Waals surface area (Å²) in [7, 11) is -1.56. The zero-order valence-corrected chi connectivity index (χ0v) is 24.5. The molecule has 45 heavy (non-hydrogen) atoms. The number of benzene rings is 3. The van der Waals surface area contributed by atoms with E-state index in [0.717, 1.165) is 6.07 Å². The van der Waals surface area contributed by atoms with E-state index < -0.39 is 34.0 Å². The second-order valence-electron chi connectivity index (χ2n) is 9.41. The third-order valence-corrected chi connectivity index (χ3v) is 6.96. The molecule has 1 aromatic heterocycles. The monoisotopic (exact) mass is 648 g/mol. The summed E-state index contributed by atoms with van der Waals surface area (Å²) in [6.07, 6.45) is -2.52. The number of nitrogens with zero attached hydrogens (tertiary/aromatic N) is 2. The number of carbonyl (C=O) groups is 2. The first-order valence-electron chi connectivity index (χ1n) is 12.8. The molecule has 1 amide bonds. The van der Waals surface area contributed by atoms with Gasteiger partial charge in [0.1, 0.15) is 0 Å². The Bertz CT molecular complexity index is 1840. The minimum Gasteiger partial charge on any atom is -0.493 e. The lowest BCUT2D eigenvalue weighted by Gasteiger charge is -2.40. The fourth-order valence-electron chi connectivity index (χ4n) is 4.39. The Balaban J connectivity index is 1.88. The van der Waals surface area contributed by atoms with Gasteiger partial charge in [0.25, 0.3) is 16.1 Å². The number of hydrazine groups is 1. The maximum absolute atomic E-state index is 14.2. The SMILES string of the molecule is COc1ccc(C(OC(=O)C(F)(F)F)(C(=O)NCc2cccc(NS(N)(=O)=O)c2)N(N)c2ccc3cnccc3c2)cc1OC. The number of aromatic nitrogens is 1. The second kappa shape index (κ2) is 12.8. The molecule has 0 fully saturated rings. The molecule has 4 aromatic rings. The molecule has 0 saturated heterocycles. The number of amides is 1. The fourth-order valence-corrected chi connectivity index (χ4v) is 4.84. The summed E-state index contributed by atoms with van der Waals surface area (Å²) in [6.45, 7) is -0.380. The Labute approximate surface area is 255 Å². The van der Waals surface area contributed by atoms with Crippen LogP contribution in [0.5, 0.6) is 11.5 Å². The molecule has 1 unspecified atom stereocenters. The lowest BCUT2D eigenvalue weighted by Crippen LogP contribution is -2.62. The summed E-state index contributed by atoms with van der Waals surface area (Å²) in [5.41, 5.74) is -3.01. The first-order chi connectivity index (χ1) is 21.2. The minimum absolute atomic E-state index is 0.0185. The molecule has 0 spiro atoms. The van der Waals surface area contributed by atoms with Crippen molar-refractivity contribution in [3.05, 3.63) is 90.3 Å². The lowest BCUT2D eigenvalue weighted by atomic mass is 9.98. The first-order valence-corrected chi connectivity index (χ1v) is 14.3. The molecule has 3 aromatic carbocycles. The van der Waals surface area contributed by atoms with Crippen LogP contribution in [0.1, 0.15) is 11.1 Å². The van der Waals surface area contributed by atoms with Crippen molar-refractivity contribution in [2.24, 2.45) is 11.0 Å². The van der Waals surface area contributed by atoms with Crippen molar-refractivity contribution >= 4 is 44.2 Å². The number of ether oxygens (including phenoxy) is 3. The summed E-state index contributed by atoms with van der Waals surface area (Å²) in [6, 6.07) is 15.3. The Hall–Kier alpha value is -5.13. The van der Waals surface area contributed by atoms with E-state index in [4.69, 9.17) is 25.2 Å². The van der Waals surface area contributed by atoms with Crippen LogP contribution >= 0.6 is 0 Å². The highest BCUT2D eigenvalue weighted by atomic mass is 32.2. The van der Waals surface area contributed by atoms with Crippen molar-refractivity contribution in [2.45, 2.75) is 18.4 Å². The zero-order valence-electron chi connectivity index (χ0n) is 23.7. The number of hydrogen-bond donors (Lipinski definition) is 4. The second-order valence-corrected chi connectivity index (χ2v) is 10.7. The molecule has 0 aliphatic rings. The third-order valence-electron chi connectivity index (χ3n) is 6.44. The highest BCUT2D eigenvalue weighted by Crippen LogP contribution is 2.40. The average molecular weight is 649 g/mol. The van der Waals surface area contributed by atoms with Crippen LogP contribution in [-0.2, 0) is 36.8 Å². The van der Waals surface area contributed by atoms with E-state index in [9.17, 15) is 31.2 Å². The van der Waals surface area contributed by atoms with Gasteiger partial charge < -0.3 is 19.5 Å². The highest BCUT2D eigenvalue weighted by molar-refractivity contribution is 7.90. The van der Waals surface area contributed by atoms with E-state index in [0.29, 0.717) is 21.3 Å². The number of fused-ring (bicyclic) bond motifs is 1. The van der Waals surface area contributed by atoms with E-state index in [1.807, 2.05) is 0 Å². The smallest absolute Gasteiger partial charge is 0.491 e. The Morgan fingerprint density at radius 3 is 2.36 bits per heavy atom. The summed E-state index contributed by atoms with van der Waals surface area (Å²) < 4.78 is 81.8. The predicted molar refractivity (Wildman–Crippen MR) is 157 cm³/mol. The minimum atomic E-state index is -5.54. The molecule has 0 bridgehead atoms. The Morgan fingerprint density at radius 1 is 0.956 bits per heavy atom. The van der Waals surface area contributed by atoms with Gasteiger partial charge in [0.2, 0.25) is 0 Å². The van der Waals surface area contributed by atoms with Crippen molar-refractivity contribution in [3.63, 3.8) is 0 Å². The molecule has 1 heterocycles. The van der Waals surface area contributed by atoms with Crippen molar-refractivity contribution < 1.29 is 45.4 Å². The van der Waals surface area contributed by atoms with Crippen molar-refractivity contribution in [1.29, 1.82) is 0 Å². The molecule has 238 valence electrons. The van der Waals surface area contributed by atoms with Gasteiger partial charge in [-0.25, -0.2) is 15.8 Å². The molecule has 13 nitrogen and oxygen atoms in total. The third kappa shape index (κ3) is 7.34. The maximum atomic E-state index is 14.2. The van der Waals surface area contributed by atoms with Gasteiger partial charge in [0.05, 0.1) is 25.6 Å². The molecule has 0 aliphatic carbocycles. The number of alkyl halides is 3. The van der Waals surface area contributed by atoms with Gasteiger partial charge in [-0.2, -0.15) is 21.6 Å². The summed E-state index contributed by atoms with van der Waals surface area (Å²) in [5.74, 6) is 2.58. The first kappa shape index (κ1) is 32.8. The molecule has 0 radical (unpaired) electrons. The van der Waals surface area contributed by atoms with Crippen LogP contribution in [0.25, 0.3) is 10.8 Å². The Morgan fingerprint density at radius 2 is 1.69 bits per heavy atom. The average Bonchev–Trinajstić information content (AvgIpc) is 3.00. The number of hydrogen-bond acceptors (Lipinski definition) is 10. The summed E-state index contributed by atoms with van der Waals surface area (Å²) in [4.78, 5) is 30.7. The van der Waals surface area contributed by atoms with Gasteiger partial charge in [-0.1, -0.05) is 18.2 Å². The number of nitrogens with one attached hydrogen (secondary N) is 2. The highest BCUT2D eigenvalue weighted by Gasteiger charge is 2.55. The van der Waals surface area contributed by atoms with Crippen molar-refractivity contribution in [2.75, 3.05) is 24.0 Å². The zero-order chi connectivity index (χ0) is 33.0. The number of methoxy groups -OCH3 is 2. The molecular weight excluding hydrogens is 621 g/mol. The van der Waals surface area contributed by atoms with Gasteiger partial charge >= 0.3 is 17.9 Å². The summed E-state index contributed by atoms with van der Waals surface area (Å²) >= 11 is 0. The number of nitrogens with two attached hydrogens (primary N) is 2. The number of halogens is 3. The predicted octanol–water partition coefficient (Wildman–Crippen LogP) is 2.82. The topological polar surface area (TPSA) is 188 Å². The van der Waals surface area contributed by atoms with Gasteiger partial charge in [-0.15, -0.1) is 0 Å². The quantitative estimate of drug-likeness (QED) is 0.0815. The van der Waals surface area contributed by atoms with Crippen LogP contribution in [0.15, 0.2) is 79.1 Å². The Kier molecular flexibility index (Phi) is 9.36. The van der Waals surface area contributed by atoms with Crippen LogP contribution < -0.4 is 35.5 Å². The van der Waals surface area contributed by atoms with Crippen LogP contribution in [0.4, 0.5) is 24.5 Å². The largest absolute Gasteiger partial charge is 0.493 e. The van der Waals surface area contributed by atoms with Crippen molar-refractivity contribution in [3.8, 4) is 11.5 Å². The van der Waals surface area contributed by atoms with Gasteiger partial charge in [-0.05, 0) is 59.5 Å². The number of esters is 1. The van der Waals surface area contributed by atoms with Crippen LogP contribution in [0, 0.1) is 0 Å². The molecule has 0 aliphatic heterocycles. The van der Waals surface area contributed by atoms with E-state index in [2.05, 4.69) is 15.0 Å². The fraction of sp³-hybridized carbons (Fsp3) is 0.179. The van der Waals surface area contributed by atoms with E-state index >= 15 is 0 Å². The number of rotatable bonds is 11. The molecule has 4 rings (SSSR count). The standard InChI is InChI=1S/C28H27F3N6O7S/c1-42-23-9-7-20(14-24(23)43-2)27(44-26(39)28(29,30)31,37(32)22-8-6-19-16-34-11-10-18(19)13-22)25(38)35-15-17-4-3-5-21(12-17)36-45(33,40)41/h3-14,16,36H,15,32H2,1-2H3,(H,35,38)(H2,33,40,41). The number of carbonyl (C=O) groups excluding carboxylic acids is 2. The maximum Gasteiger partial charge on any atom is 0.491 e. The summed E-state index contributed by atoms with van der Waals surface area (Å²) in [5, 5.41) is 9.26. The molecular formula is C28H27F3N6O7S. The van der Waals surface area contributed by atoms with E-state index in [-0.39, 0.29) is 35.0 Å². The van der Waals surface area contributed by atoms with Crippen LogP contribution in [0.2, 0.25) is 0 Å². The van der Waals surface area contributed by atoms with Crippen LogP contribution in [0.3, 0.4) is 0 Å². The van der Waals surface area contributed by atoms with Gasteiger partial charge in [0.15, 0.2) is 11.5 Å². The normalized spacial score (nSPS) is 13.0. The van der Waals surface area contributed by atoms with Gasteiger partial charge in [-0.3, -0.25) is 19.5 Å². The molecule has 1 atom stereocenters. The van der Waals surface area contributed by atoms with Crippen molar-refractivity contribution in [1.82, 2.24) is 10.3 Å². The molecule has 17 heteroatoms. The van der Waals surface area contributed by atoms with Gasteiger partial charge in [0, 0.05) is 29.9 Å². The lowest BCUT2D eigenvalue weighted by molar-refractivity contribution is -0.216. The van der Waals surface area contributed by atoms with E-state index in [1.54, 1.807) is 12.1 Å². The molecule has 0 saturated carbocycles. The van der Waals surface area contributed by atoms with E-state index in [1.165, 1.54) is 75.1 Å².